The number of nitrogens with one attached hydrogen (secondary N) is 1. The van der Waals surface area contributed by atoms with Crippen LogP contribution >= 0.6 is 0 Å². The van der Waals surface area contributed by atoms with E-state index in [0.717, 1.165) is 4.90 Å². The number of carboxylic acids is 1. The van der Waals surface area contributed by atoms with Gasteiger partial charge < -0.3 is 10.0 Å². The van der Waals surface area contributed by atoms with Crippen molar-refractivity contribution >= 4 is 27.7 Å². The Kier molecular flexibility index (Phi) is 6.40. The Hall–Kier alpha value is -2.26. The summed E-state index contributed by atoms with van der Waals surface area (Å²) in [5.41, 5.74) is 0.269. The van der Waals surface area contributed by atoms with Crippen LogP contribution in [0.5, 0.6) is 0 Å². The highest BCUT2D eigenvalue weighted by Gasteiger charge is 2.17. The highest BCUT2D eigenvalue weighted by molar-refractivity contribution is 7.89. The van der Waals surface area contributed by atoms with Gasteiger partial charge in [-0.05, 0) is 19.1 Å². The minimum Gasteiger partial charge on any atom is -0.480 e. The first-order valence-corrected chi connectivity index (χ1v) is 8.18. The quantitative estimate of drug-likeness (QED) is 0.646. The molecule has 1 amide bonds. The van der Waals surface area contributed by atoms with Gasteiger partial charge in [0.05, 0.1) is 4.90 Å². The van der Waals surface area contributed by atoms with Gasteiger partial charge >= 0.3 is 5.97 Å². The highest BCUT2D eigenvalue weighted by Crippen LogP contribution is 2.12. The van der Waals surface area contributed by atoms with Crippen LogP contribution in [-0.4, -0.2) is 56.2 Å². The molecule has 0 aliphatic heterocycles. The number of hydrogen-bond acceptors (Lipinski definition) is 5. The summed E-state index contributed by atoms with van der Waals surface area (Å²) in [7, 11) is -2.53. The summed E-state index contributed by atoms with van der Waals surface area (Å²) in [4.78, 5) is 34.3. The zero-order valence-electron chi connectivity index (χ0n) is 12.8. The first-order valence-electron chi connectivity index (χ1n) is 6.70. The molecule has 0 aliphatic carbocycles. The van der Waals surface area contributed by atoms with E-state index in [1.54, 1.807) is 0 Å². The van der Waals surface area contributed by atoms with Gasteiger partial charge in [0.15, 0.2) is 5.78 Å². The Balaban J connectivity index is 2.66. The Morgan fingerprint density at radius 2 is 1.91 bits per heavy atom. The highest BCUT2D eigenvalue weighted by atomic mass is 32.2. The fourth-order valence-electron chi connectivity index (χ4n) is 1.74. The zero-order valence-corrected chi connectivity index (χ0v) is 13.6. The van der Waals surface area contributed by atoms with Crippen molar-refractivity contribution in [3.63, 3.8) is 0 Å². The number of sulfonamides is 1. The van der Waals surface area contributed by atoms with Crippen LogP contribution in [0.2, 0.25) is 0 Å². The topological polar surface area (TPSA) is 121 Å². The molecule has 0 unspecified atom stereocenters. The van der Waals surface area contributed by atoms with Crippen molar-refractivity contribution in [2.45, 2.75) is 18.2 Å². The summed E-state index contributed by atoms with van der Waals surface area (Å²) in [6.07, 6.45) is -0.171. The van der Waals surface area contributed by atoms with Crippen molar-refractivity contribution < 1.29 is 27.9 Å². The van der Waals surface area contributed by atoms with Gasteiger partial charge in [-0.1, -0.05) is 12.1 Å². The number of carbonyl (C=O) groups is 3. The summed E-state index contributed by atoms with van der Waals surface area (Å²) >= 11 is 0. The summed E-state index contributed by atoms with van der Waals surface area (Å²) in [5.74, 6) is -1.90. The molecule has 0 fully saturated rings. The minimum absolute atomic E-state index is 0.0726. The number of carboxylic acid groups (broad SMARTS) is 1. The van der Waals surface area contributed by atoms with E-state index in [9.17, 15) is 22.8 Å². The van der Waals surface area contributed by atoms with Gasteiger partial charge in [0.1, 0.15) is 6.54 Å². The molecule has 0 radical (unpaired) electrons. The Morgan fingerprint density at radius 3 is 2.48 bits per heavy atom. The van der Waals surface area contributed by atoms with Crippen molar-refractivity contribution in [1.29, 1.82) is 0 Å². The average molecular weight is 342 g/mol. The van der Waals surface area contributed by atoms with E-state index in [2.05, 4.69) is 4.72 Å². The van der Waals surface area contributed by atoms with Gasteiger partial charge in [-0.25, -0.2) is 13.1 Å². The standard InChI is InChI=1S/C14H18N2O6S/c1-10(17)11-4-3-5-12(8-11)23(21,22)15-7-6-13(18)16(2)9-14(19)20/h3-5,8,15H,6-7,9H2,1-2H3,(H,19,20). The minimum atomic E-state index is -3.85. The lowest BCUT2D eigenvalue weighted by atomic mass is 10.2. The number of amides is 1. The second kappa shape index (κ2) is 7.84. The molecule has 0 spiro atoms. The molecule has 1 aromatic rings. The molecular formula is C14H18N2O6S. The smallest absolute Gasteiger partial charge is 0.323 e. The van der Waals surface area contributed by atoms with Gasteiger partial charge in [-0.3, -0.25) is 14.4 Å². The normalized spacial score (nSPS) is 11.0. The number of aliphatic carboxylic acids is 1. The van der Waals surface area contributed by atoms with Crippen molar-refractivity contribution in [1.82, 2.24) is 9.62 Å². The molecule has 126 valence electrons. The van der Waals surface area contributed by atoms with E-state index in [1.807, 2.05) is 0 Å². The fraction of sp³-hybridized carbons (Fsp3) is 0.357. The molecule has 0 atom stereocenters. The predicted molar refractivity (Wildman–Crippen MR) is 81.5 cm³/mol. The first kappa shape index (κ1) is 18.8. The molecule has 0 bridgehead atoms. The first-order chi connectivity index (χ1) is 10.6. The van der Waals surface area contributed by atoms with Gasteiger partial charge in [-0.2, -0.15) is 0 Å². The number of Topliss-reactive ketones (excluding diaryl/α,β-unsaturated/α-hetero) is 1. The van der Waals surface area contributed by atoms with E-state index in [4.69, 9.17) is 5.11 Å². The number of ketones is 1. The van der Waals surface area contributed by atoms with Crippen molar-refractivity contribution in [3.05, 3.63) is 29.8 Å². The third-order valence-electron chi connectivity index (χ3n) is 2.98. The number of carbonyl (C=O) groups excluding carboxylic acids is 2. The van der Waals surface area contributed by atoms with E-state index in [0.29, 0.717) is 0 Å². The average Bonchev–Trinajstić information content (AvgIpc) is 2.46. The van der Waals surface area contributed by atoms with E-state index in [-0.39, 0.29) is 29.2 Å². The summed E-state index contributed by atoms with van der Waals surface area (Å²) in [6, 6.07) is 5.55. The Bertz CT molecular complexity index is 714. The van der Waals surface area contributed by atoms with Crippen LogP contribution in [0.3, 0.4) is 0 Å². The lowest BCUT2D eigenvalue weighted by molar-refractivity contribution is -0.143. The molecule has 0 saturated heterocycles. The van der Waals surface area contributed by atoms with Gasteiger partial charge in [-0.15, -0.1) is 0 Å². The largest absolute Gasteiger partial charge is 0.480 e. The van der Waals surface area contributed by atoms with Crippen molar-refractivity contribution in [2.75, 3.05) is 20.1 Å². The number of nitrogens with zero attached hydrogens (tertiary/aromatic N) is 1. The molecular weight excluding hydrogens is 324 g/mol. The van der Waals surface area contributed by atoms with Crippen LogP contribution in [0.15, 0.2) is 29.2 Å². The lowest BCUT2D eigenvalue weighted by Gasteiger charge is -2.14. The van der Waals surface area contributed by atoms with Gasteiger partial charge in [0.2, 0.25) is 15.9 Å². The summed E-state index contributed by atoms with van der Waals surface area (Å²) in [5, 5.41) is 8.57. The maximum atomic E-state index is 12.1. The second-order valence-electron chi connectivity index (χ2n) is 4.88. The van der Waals surface area contributed by atoms with Crippen LogP contribution in [0.1, 0.15) is 23.7 Å². The van der Waals surface area contributed by atoms with E-state index >= 15 is 0 Å². The Morgan fingerprint density at radius 1 is 1.26 bits per heavy atom. The molecule has 23 heavy (non-hydrogen) atoms. The summed E-state index contributed by atoms with van der Waals surface area (Å²) < 4.78 is 26.4. The maximum absolute atomic E-state index is 12.1. The fourth-order valence-corrected chi connectivity index (χ4v) is 2.82. The third kappa shape index (κ3) is 5.80. The number of benzene rings is 1. The Labute approximate surface area is 134 Å². The number of hydrogen-bond donors (Lipinski definition) is 2. The monoisotopic (exact) mass is 342 g/mol. The number of rotatable bonds is 8. The van der Waals surface area contributed by atoms with Crippen LogP contribution in [0, 0.1) is 0 Å². The SMILES string of the molecule is CC(=O)c1cccc(S(=O)(=O)NCCC(=O)N(C)CC(=O)O)c1. The van der Waals surface area contributed by atoms with Gasteiger partial charge in [0.25, 0.3) is 0 Å². The second-order valence-corrected chi connectivity index (χ2v) is 6.64. The zero-order chi connectivity index (χ0) is 17.6. The van der Waals surface area contributed by atoms with E-state index < -0.39 is 28.4 Å². The van der Waals surface area contributed by atoms with Crippen LogP contribution in [-0.2, 0) is 19.6 Å². The van der Waals surface area contributed by atoms with Crippen LogP contribution in [0.4, 0.5) is 0 Å². The number of likely N-dealkylation sites (N-methyl/N-ethyl adjacent to an activating group) is 1. The van der Waals surface area contributed by atoms with Crippen LogP contribution in [0.25, 0.3) is 0 Å². The molecule has 8 nitrogen and oxygen atoms in total. The van der Waals surface area contributed by atoms with E-state index in [1.165, 1.54) is 38.2 Å². The lowest BCUT2D eigenvalue weighted by Crippen LogP contribution is -2.35. The van der Waals surface area contributed by atoms with Crippen LogP contribution < -0.4 is 4.72 Å². The molecule has 1 aromatic carbocycles. The van der Waals surface area contributed by atoms with Crippen molar-refractivity contribution in [2.24, 2.45) is 0 Å². The molecule has 2 N–H and O–H groups in total. The molecule has 0 saturated carbocycles. The molecule has 1 rings (SSSR count). The molecule has 0 aliphatic rings. The maximum Gasteiger partial charge on any atom is 0.323 e. The third-order valence-corrected chi connectivity index (χ3v) is 4.44. The molecule has 0 aromatic heterocycles. The molecule has 9 heteroatoms. The summed E-state index contributed by atoms with van der Waals surface area (Å²) in [6.45, 7) is 0.706. The van der Waals surface area contributed by atoms with Gasteiger partial charge in [0, 0.05) is 25.6 Å². The van der Waals surface area contributed by atoms with Crippen molar-refractivity contribution in [3.8, 4) is 0 Å². The molecule has 0 heterocycles. The predicted octanol–water partition coefficient (Wildman–Crippen LogP) is 0.101.